The lowest BCUT2D eigenvalue weighted by Gasteiger charge is -2.14. The van der Waals surface area contributed by atoms with Crippen LogP contribution in [0.2, 0.25) is 5.02 Å². The fraction of sp³-hybridized carbons (Fsp3) is 0.417. The van der Waals surface area contributed by atoms with Gasteiger partial charge in [-0.05, 0) is 18.2 Å². The Morgan fingerprint density at radius 3 is 2.84 bits per heavy atom. The van der Waals surface area contributed by atoms with E-state index in [1.807, 2.05) is 0 Å². The van der Waals surface area contributed by atoms with Gasteiger partial charge in [0.2, 0.25) is 0 Å². The van der Waals surface area contributed by atoms with E-state index in [0.717, 1.165) is 11.0 Å². The van der Waals surface area contributed by atoms with Gasteiger partial charge in [-0.3, -0.25) is 4.79 Å². The Bertz CT molecular complexity index is 459. The third-order valence-corrected chi connectivity index (χ3v) is 3.81. The summed E-state index contributed by atoms with van der Waals surface area (Å²) in [6.45, 7) is 1.74. The van der Waals surface area contributed by atoms with Gasteiger partial charge in [0.15, 0.2) is 0 Å². The van der Waals surface area contributed by atoms with Crippen LogP contribution in [0.3, 0.4) is 0 Å². The molecule has 0 spiro atoms. The quantitative estimate of drug-likeness (QED) is 0.761. The molecule has 2 rings (SSSR count). The molecule has 2 atom stereocenters. The van der Waals surface area contributed by atoms with Crippen molar-refractivity contribution in [3.8, 4) is 0 Å². The molecule has 3 N–H and O–H groups in total. The molecule has 2 unspecified atom stereocenters. The normalized spacial score (nSPS) is 21.8. The van der Waals surface area contributed by atoms with E-state index in [1.54, 1.807) is 18.2 Å². The second kappa shape index (κ2) is 7.45. The Kier molecular flexibility index (Phi) is 6.56. The SMILES string of the molecule is Cl.O=C(NCC1CNCC1O)c1ccc(Br)cc1Cl. The minimum Gasteiger partial charge on any atom is -0.391 e. The third kappa shape index (κ3) is 4.33. The van der Waals surface area contributed by atoms with Crippen molar-refractivity contribution in [3.63, 3.8) is 0 Å². The van der Waals surface area contributed by atoms with Crippen LogP contribution in [0.5, 0.6) is 0 Å². The van der Waals surface area contributed by atoms with Gasteiger partial charge in [0.25, 0.3) is 5.91 Å². The van der Waals surface area contributed by atoms with Crippen LogP contribution in [0.1, 0.15) is 10.4 Å². The van der Waals surface area contributed by atoms with Gasteiger partial charge in [0.1, 0.15) is 0 Å². The van der Waals surface area contributed by atoms with Crippen molar-refractivity contribution in [2.45, 2.75) is 6.10 Å². The molecule has 1 aromatic rings. The molecule has 1 saturated heterocycles. The van der Waals surface area contributed by atoms with Crippen LogP contribution in [0.15, 0.2) is 22.7 Å². The van der Waals surface area contributed by atoms with Gasteiger partial charge in [0, 0.05) is 30.0 Å². The van der Waals surface area contributed by atoms with Gasteiger partial charge in [-0.1, -0.05) is 27.5 Å². The smallest absolute Gasteiger partial charge is 0.252 e. The van der Waals surface area contributed by atoms with E-state index in [2.05, 4.69) is 26.6 Å². The van der Waals surface area contributed by atoms with E-state index < -0.39 is 6.10 Å². The van der Waals surface area contributed by atoms with Crippen LogP contribution in [-0.4, -0.2) is 36.8 Å². The molecule has 0 radical (unpaired) electrons. The van der Waals surface area contributed by atoms with Crippen molar-refractivity contribution < 1.29 is 9.90 Å². The number of rotatable bonds is 3. The van der Waals surface area contributed by atoms with Crippen LogP contribution < -0.4 is 10.6 Å². The number of carbonyl (C=O) groups is 1. The van der Waals surface area contributed by atoms with Crippen LogP contribution in [-0.2, 0) is 0 Å². The Labute approximate surface area is 131 Å². The summed E-state index contributed by atoms with van der Waals surface area (Å²) in [6, 6.07) is 5.13. The molecule has 0 aliphatic carbocycles. The lowest BCUT2D eigenvalue weighted by Crippen LogP contribution is -2.34. The molecule has 0 bridgehead atoms. The largest absolute Gasteiger partial charge is 0.391 e. The number of hydrogen-bond donors (Lipinski definition) is 3. The highest BCUT2D eigenvalue weighted by Gasteiger charge is 2.25. The first kappa shape index (κ1) is 16.7. The van der Waals surface area contributed by atoms with Gasteiger partial charge < -0.3 is 15.7 Å². The highest BCUT2D eigenvalue weighted by molar-refractivity contribution is 9.10. The fourth-order valence-corrected chi connectivity index (χ4v) is 2.68. The number of aliphatic hydroxyl groups excluding tert-OH is 1. The van der Waals surface area contributed by atoms with Gasteiger partial charge >= 0.3 is 0 Å². The van der Waals surface area contributed by atoms with E-state index in [1.165, 1.54) is 0 Å². The highest BCUT2D eigenvalue weighted by Crippen LogP contribution is 2.21. The second-order valence-corrected chi connectivity index (χ2v) is 5.64. The maximum absolute atomic E-state index is 11.9. The van der Waals surface area contributed by atoms with Gasteiger partial charge in [-0.2, -0.15) is 0 Å². The molecule has 0 aromatic heterocycles. The number of halogens is 3. The van der Waals surface area contributed by atoms with E-state index >= 15 is 0 Å². The lowest BCUT2D eigenvalue weighted by molar-refractivity contribution is 0.0927. The summed E-state index contributed by atoms with van der Waals surface area (Å²) in [6.07, 6.45) is -0.398. The topological polar surface area (TPSA) is 61.4 Å². The number of nitrogens with one attached hydrogen (secondary N) is 2. The predicted octanol–water partition coefficient (Wildman–Crippen LogP) is 1.83. The summed E-state index contributed by atoms with van der Waals surface area (Å²) in [5, 5.41) is 15.9. The molecule has 1 aliphatic heterocycles. The number of β-amino-alcohol motifs (C(OH)–C–C–N with tert-alkyl or cyclic N) is 1. The number of carbonyl (C=O) groups excluding carboxylic acids is 1. The first-order valence-corrected chi connectivity index (χ1v) is 6.87. The van der Waals surface area contributed by atoms with E-state index in [0.29, 0.717) is 23.7 Å². The first-order valence-electron chi connectivity index (χ1n) is 5.70. The maximum Gasteiger partial charge on any atom is 0.252 e. The monoisotopic (exact) mass is 368 g/mol. The lowest BCUT2D eigenvalue weighted by atomic mass is 10.1. The third-order valence-electron chi connectivity index (χ3n) is 3.00. The highest BCUT2D eigenvalue weighted by atomic mass is 79.9. The Morgan fingerprint density at radius 1 is 1.53 bits per heavy atom. The van der Waals surface area contributed by atoms with Crippen molar-refractivity contribution in [1.29, 1.82) is 0 Å². The average molecular weight is 370 g/mol. The number of benzene rings is 1. The zero-order valence-corrected chi connectivity index (χ0v) is 13.2. The minimum atomic E-state index is -0.398. The zero-order valence-electron chi connectivity index (χ0n) is 10.0. The summed E-state index contributed by atoms with van der Waals surface area (Å²) in [7, 11) is 0. The van der Waals surface area contributed by atoms with E-state index in [4.69, 9.17) is 11.6 Å². The van der Waals surface area contributed by atoms with Crippen molar-refractivity contribution in [2.75, 3.05) is 19.6 Å². The van der Waals surface area contributed by atoms with Crippen LogP contribution in [0, 0.1) is 5.92 Å². The van der Waals surface area contributed by atoms with Crippen LogP contribution >= 0.6 is 39.9 Å². The molecule has 1 fully saturated rings. The van der Waals surface area contributed by atoms with Crippen molar-refractivity contribution in [3.05, 3.63) is 33.3 Å². The number of aliphatic hydroxyl groups is 1. The maximum atomic E-state index is 11.9. The van der Waals surface area contributed by atoms with Crippen molar-refractivity contribution in [1.82, 2.24) is 10.6 Å². The molecule has 106 valence electrons. The molecule has 1 aromatic carbocycles. The van der Waals surface area contributed by atoms with Crippen molar-refractivity contribution >= 4 is 45.8 Å². The standard InChI is InChI=1S/C12H14BrClN2O2.ClH/c13-8-1-2-9(10(14)3-8)12(18)16-5-7-4-15-6-11(7)17;/h1-3,7,11,15,17H,4-6H2,(H,16,18);1H. The number of amides is 1. The number of hydrogen-bond acceptors (Lipinski definition) is 3. The molecular formula is C12H15BrCl2N2O2. The summed E-state index contributed by atoms with van der Waals surface area (Å²) in [5.74, 6) is -0.158. The molecular weight excluding hydrogens is 355 g/mol. The Morgan fingerprint density at radius 2 is 2.26 bits per heavy atom. The summed E-state index contributed by atoms with van der Waals surface area (Å²) < 4.78 is 0.833. The average Bonchev–Trinajstić information content (AvgIpc) is 2.72. The predicted molar refractivity (Wildman–Crippen MR) is 81.1 cm³/mol. The van der Waals surface area contributed by atoms with Gasteiger partial charge in [0.05, 0.1) is 16.7 Å². The summed E-state index contributed by atoms with van der Waals surface area (Å²) >= 11 is 9.28. The molecule has 1 aliphatic rings. The molecule has 1 heterocycles. The summed E-state index contributed by atoms with van der Waals surface area (Å²) in [5.41, 5.74) is 0.445. The van der Waals surface area contributed by atoms with Gasteiger partial charge in [-0.15, -0.1) is 12.4 Å². The molecule has 7 heteroatoms. The molecule has 1 amide bonds. The van der Waals surface area contributed by atoms with Crippen LogP contribution in [0.25, 0.3) is 0 Å². The summed E-state index contributed by atoms with van der Waals surface area (Å²) in [4.78, 5) is 11.9. The Hall–Kier alpha value is -0.330. The van der Waals surface area contributed by atoms with E-state index in [-0.39, 0.29) is 24.2 Å². The van der Waals surface area contributed by atoms with Crippen LogP contribution in [0.4, 0.5) is 0 Å². The zero-order chi connectivity index (χ0) is 13.1. The Balaban J connectivity index is 0.00000180. The molecule has 0 saturated carbocycles. The van der Waals surface area contributed by atoms with E-state index in [9.17, 15) is 9.90 Å². The minimum absolute atomic E-state index is 0. The first-order chi connectivity index (χ1) is 8.58. The van der Waals surface area contributed by atoms with Crippen molar-refractivity contribution in [2.24, 2.45) is 5.92 Å². The van der Waals surface area contributed by atoms with Gasteiger partial charge in [-0.25, -0.2) is 0 Å². The molecule has 19 heavy (non-hydrogen) atoms. The fourth-order valence-electron chi connectivity index (χ4n) is 1.92. The second-order valence-electron chi connectivity index (χ2n) is 4.32. The molecule has 4 nitrogen and oxygen atoms in total.